The molecule has 0 aliphatic heterocycles. The summed E-state index contributed by atoms with van der Waals surface area (Å²) in [5.41, 5.74) is 4.56. The Morgan fingerprint density at radius 2 is 2.31 bits per heavy atom. The summed E-state index contributed by atoms with van der Waals surface area (Å²) in [4.78, 5) is 0. The number of hydrogen-bond acceptors (Lipinski definition) is 3. The van der Waals surface area contributed by atoms with Crippen LogP contribution in [0.1, 0.15) is 12.1 Å². The van der Waals surface area contributed by atoms with Gasteiger partial charge in [-0.15, -0.1) is 5.10 Å². The molecule has 0 spiro atoms. The lowest BCUT2D eigenvalue weighted by Gasteiger charge is -2.12. The van der Waals surface area contributed by atoms with Gasteiger partial charge in [0, 0.05) is 20.0 Å². The van der Waals surface area contributed by atoms with E-state index in [-0.39, 0.29) is 13.0 Å². The largest absolute Gasteiger partial charge is 0.329 e. The van der Waals surface area contributed by atoms with E-state index < -0.39 is 11.3 Å². The third kappa shape index (κ3) is 0.918. The van der Waals surface area contributed by atoms with Crippen molar-refractivity contribution >= 4 is 0 Å². The normalized spacial score (nSPS) is 30.5. The van der Waals surface area contributed by atoms with E-state index in [1.807, 2.05) is 0 Å². The predicted octanol–water partition coefficient (Wildman–Crippen LogP) is 0.0506. The van der Waals surface area contributed by atoms with Gasteiger partial charge in [-0.05, 0) is 0 Å². The number of aromatic nitrogens is 3. The maximum atomic E-state index is 13.0. The fraction of sp³-hybridized carbons (Fsp3) is 0.714. The third-order valence-corrected chi connectivity index (χ3v) is 2.65. The average Bonchev–Trinajstić information content (AvgIpc) is 2.43. The number of alkyl halides is 2. The minimum Gasteiger partial charge on any atom is -0.329 e. The highest BCUT2D eigenvalue weighted by Gasteiger charge is 2.72. The first-order valence-electron chi connectivity index (χ1n) is 3.96. The van der Waals surface area contributed by atoms with Crippen LogP contribution in [-0.4, -0.2) is 27.5 Å². The molecule has 6 heteroatoms. The Morgan fingerprint density at radius 3 is 2.62 bits per heavy atom. The fourth-order valence-corrected chi connectivity index (χ4v) is 1.66. The molecule has 2 rings (SSSR count). The van der Waals surface area contributed by atoms with Crippen molar-refractivity contribution in [2.24, 2.45) is 12.8 Å². The zero-order valence-electron chi connectivity index (χ0n) is 7.17. The van der Waals surface area contributed by atoms with Gasteiger partial charge in [-0.25, -0.2) is 8.78 Å². The second-order valence-electron chi connectivity index (χ2n) is 3.41. The molecule has 1 heterocycles. The lowest BCUT2D eigenvalue weighted by atomic mass is 10.0. The molecule has 0 radical (unpaired) electrons. The highest BCUT2D eigenvalue weighted by molar-refractivity contribution is 5.32. The van der Waals surface area contributed by atoms with Crippen LogP contribution in [0.25, 0.3) is 0 Å². The summed E-state index contributed by atoms with van der Waals surface area (Å²) < 4.78 is 27.4. The average molecular weight is 188 g/mol. The second-order valence-corrected chi connectivity index (χ2v) is 3.41. The van der Waals surface area contributed by atoms with Gasteiger partial charge >= 0.3 is 0 Å². The zero-order chi connectivity index (χ0) is 9.69. The molecule has 1 aliphatic rings. The van der Waals surface area contributed by atoms with Crippen LogP contribution in [0.2, 0.25) is 0 Å². The molecule has 4 nitrogen and oxygen atoms in total. The van der Waals surface area contributed by atoms with Crippen LogP contribution in [0.5, 0.6) is 0 Å². The van der Waals surface area contributed by atoms with E-state index >= 15 is 0 Å². The van der Waals surface area contributed by atoms with E-state index in [2.05, 4.69) is 10.3 Å². The summed E-state index contributed by atoms with van der Waals surface area (Å²) in [5, 5.41) is 7.18. The summed E-state index contributed by atoms with van der Waals surface area (Å²) >= 11 is 0. The SMILES string of the molecule is Cn1nncc1C1(CN)CC1(F)F. The summed E-state index contributed by atoms with van der Waals surface area (Å²) in [6.45, 7) is -0.0682. The van der Waals surface area contributed by atoms with Crippen LogP contribution in [-0.2, 0) is 12.5 Å². The molecule has 2 N–H and O–H groups in total. The molecule has 0 saturated heterocycles. The Balaban J connectivity index is 2.41. The Morgan fingerprint density at radius 1 is 1.69 bits per heavy atom. The van der Waals surface area contributed by atoms with Crippen molar-refractivity contribution in [1.29, 1.82) is 0 Å². The third-order valence-electron chi connectivity index (χ3n) is 2.65. The van der Waals surface area contributed by atoms with Gasteiger partial charge in [0.2, 0.25) is 0 Å². The van der Waals surface area contributed by atoms with Crippen molar-refractivity contribution in [3.63, 3.8) is 0 Å². The van der Waals surface area contributed by atoms with E-state index in [1.165, 1.54) is 10.9 Å². The van der Waals surface area contributed by atoms with Gasteiger partial charge in [0.25, 0.3) is 5.92 Å². The fourth-order valence-electron chi connectivity index (χ4n) is 1.66. The molecule has 0 aromatic carbocycles. The minimum absolute atomic E-state index is 0.0682. The molecule has 1 atom stereocenters. The maximum Gasteiger partial charge on any atom is 0.261 e. The molecule has 72 valence electrons. The van der Waals surface area contributed by atoms with Crippen molar-refractivity contribution in [1.82, 2.24) is 15.0 Å². The summed E-state index contributed by atoms with van der Waals surface area (Å²) in [7, 11) is 1.59. The van der Waals surface area contributed by atoms with E-state index in [0.717, 1.165) is 0 Å². The van der Waals surface area contributed by atoms with Crippen LogP contribution < -0.4 is 5.73 Å². The summed E-state index contributed by atoms with van der Waals surface area (Å²) in [6.07, 6.45) is 1.16. The van der Waals surface area contributed by atoms with Crippen LogP contribution in [0.3, 0.4) is 0 Å². The number of aryl methyl sites for hydroxylation is 1. The van der Waals surface area contributed by atoms with Crippen LogP contribution in [0.4, 0.5) is 8.78 Å². The number of nitrogens with two attached hydrogens (primary N) is 1. The lowest BCUT2D eigenvalue weighted by molar-refractivity contribution is 0.0876. The molecule has 13 heavy (non-hydrogen) atoms. The van der Waals surface area contributed by atoms with Crippen molar-refractivity contribution < 1.29 is 8.78 Å². The van der Waals surface area contributed by atoms with E-state index in [9.17, 15) is 8.78 Å². The summed E-state index contributed by atoms with van der Waals surface area (Å²) in [5.74, 6) is -2.70. The molecule has 1 aromatic rings. The topological polar surface area (TPSA) is 56.7 Å². The highest BCUT2D eigenvalue weighted by Crippen LogP contribution is 2.60. The van der Waals surface area contributed by atoms with Gasteiger partial charge in [0.05, 0.1) is 17.3 Å². The van der Waals surface area contributed by atoms with Gasteiger partial charge in [-0.2, -0.15) is 0 Å². The first-order valence-corrected chi connectivity index (χ1v) is 3.96. The molecule has 0 bridgehead atoms. The Kier molecular flexibility index (Phi) is 1.48. The first kappa shape index (κ1) is 8.55. The van der Waals surface area contributed by atoms with E-state index in [0.29, 0.717) is 5.69 Å². The monoisotopic (exact) mass is 188 g/mol. The first-order chi connectivity index (χ1) is 6.03. The number of rotatable bonds is 2. The number of halogens is 2. The van der Waals surface area contributed by atoms with Crippen molar-refractivity contribution in [3.8, 4) is 0 Å². The van der Waals surface area contributed by atoms with Gasteiger partial charge in [-0.1, -0.05) is 5.21 Å². The van der Waals surface area contributed by atoms with Gasteiger partial charge in [0.15, 0.2) is 0 Å². The standard InChI is InChI=1S/C7H10F2N4/c1-13-5(2-11-12-13)6(4-10)3-7(6,8)9/h2H,3-4,10H2,1H3. The van der Waals surface area contributed by atoms with Gasteiger partial charge in [-0.3, -0.25) is 4.68 Å². The minimum atomic E-state index is -2.70. The molecule has 1 fully saturated rings. The van der Waals surface area contributed by atoms with Gasteiger partial charge in [0.1, 0.15) is 0 Å². The Hall–Kier alpha value is -1.04. The molecular formula is C7H10F2N4. The van der Waals surface area contributed by atoms with E-state index in [4.69, 9.17) is 5.73 Å². The zero-order valence-corrected chi connectivity index (χ0v) is 7.17. The second kappa shape index (κ2) is 2.25. The van der Waals surface area contributed by atoms with Gasteiger partial charge < -0.3 is 5.73 Å². The molecule has 1 unspecified atom stereocenters. The molecule has 1 saturated carbocycles. The van der Waals surface area contributed by atoms with Crippen molar-refractivity contribution in [2.45, 2.75) is 17.8 Å². The molecule has 1 aliphatic carbocycles. The van der Waals surface area contributed by atoms with Crippen molar-refractivity contribution in [3.05, 3.63) is 11.9 Å². The summed E-state index contributed by atoms with van der Waals surface area (Å²) in [6, 6.07) is 0. The Bertz CT molecular complexity index is 335. The lowest BCUT2D eigenvalue weighted by Crippen LogP contribution is -2.29. The van der Waals surface area contributed by atoms with Crippen LogP contribution in [0, 0.1) is 0 Å². The Labute approximate surface area is 73.7 Å². The maximum absolute atomic E-state index is 13.0. The highest BCUT2D eigenvalue weighted by atomic mass is 19.3. The van der Waals surface area contributed by atoms with E-state index in [1.54, 1.807) is 7.05 Å². The van der Waals surface area contributed by atoms with Crippen LogP contribution in [0.15, 0.2) is 6.20 Å². The quantitative estimate of drug-likeness (QED) is 0.713. The number of hydrogen-bond donors (Lipinski definition) is 1. The van der Waals surface area contributed by atoms with Crippen LogP contribution >= 0.6 is 0 Å². The smallest absolute Gasteiger partial charge is 0.261 e. The molecular weight excluding hydrogens is 178 g/mol. The molecule has 0 amide bonds. The number of nitrogens with zero attached hydrogens (tertiary/aromatic N) is 3. The predicted molar refractivity (Wildman–Crippen MR) is 41.3 cm³/mol. The molecule has 1 aromatic heterocycles. The van der Waals surface area contributed by atoms with Crippen molar-refractivity contribution in [2.75, 3.05) is 6.54 Å².